The highest BCUT2D eigenvalue weighted by Gasteiger charge is 2.32. The number of esters is 1. The van der Waals surface area contributed by atoms with E-state index < -0.39 is 5.41 Å². The lowest BCUT2D eigenvalue weighted by Gasteiger charge is -2.25. The van der Waals surface area contributed by atoms with Crippen LogP contribution in [-0.2, 0) is 9.53 Å². The molecule has 0 amide bonds. The molecule has 0 aromatic rings. The second-order valence-corrected chi connectivity index (χ2v) is 3.24. The lowest BCUT2D eigenvalue weighted by molar-refractivity contribution is -0.152. The lowest BCUT2D eigenvalue weighted by atomic mass is 9.80. The summed E-state index contributed by atoms with van der Waals surface area (Å²) >= 11 is 0. The van der Waals surface area contributed by atoms with Gasteiger partial charge in [-0.3, -0.25) is 4.79 Å². The first-order chi connectivity index (χ1) is 4.96. The average Bonchev–Trinajstić information content (AvgIpc) is 2.01. The quantitative estimate of drug-likeness (QED) is 0.461. The minimum absolute atomic E-state index is 0.134. The van der Waals surface area contributed by atoms with Gasteiger partial charge in [-0.1, -0.05) is 13.0 Å². The smallest absolute Gasteiger partial charge is 0.311 e. The lowest BCUT2D eigenvalue weighted by Crippen LogP contribution is -2.31. The fraction of sp³-hybridized carbons (Fsp3) is 0.667. The van der Waals surface area contributed by atoms with Crippen LogP contribution in [0.5, 0.6) is 0 Å². The van der Waals surface area contributed by atoms with Gasteiger partial charge in [0.15, 0.2) is 0 Å². The number of hydrogen-bond donors (Lipinski definition) is 0. The highest BCUT2D eigenvalue weighted by Crippen LogP contribution is 2.28. The number of allylic oxidation sites excluding steroid dienone is 1. The summed E-state index contributed by atoms with van der Waals surface area (Å²) in [6.07, 6.45) is 1.76. The molecule has 0 fully saturated rings. The van der Waals surface area contributed by atoms with Crippen molar-refractivity contribution in [2.24, 2.45) is 11.3 Å². The molecule has 0 heterocycles. The third-order valence-corrected chi connectivity index (χ3v) is 2.20. The summed E-state index contributed by atoms with van der Waals surface area (Å²) in [6, 6.07) is 0. The minimum atomic E-state index is -0.462. The monoisotopic (exact) mass is 156 g/mol. The third-order valence-electron chi connectivity index (χ3n) is 2.20. The second-order valence-electron chi connectivity index (χ2n) is 3.24. The number of carbonyl (C=O) groups is 1. The molecule has 1 atom stereocenters. The van der Waals surface area contributed by atoms with Crippen molar-refractivity contribution in [2.45, 2.75) is 20.8 Å². The third kappa shape index (κ3) is 2.07. The van der Waals surface area contributed by atoms with Crippen LogP contribution in [0.1, 0.15) is 20.8 Å². The summed E-state index contributed by atoms with van der Waals surface area (Å²) in [6.45, 7) is 9.29. The van der Waals surface area contributed by atoms with Gasteiger partial charge >= 0.3 is 5.97 Å². The van der Waals surface area contributed by atoms with Gasteiger partial charge in [-0.15, -0.1) is 6.58 Å². The molecule has 0 saturated heterocycles. The predicted octanol–water partition coefficient (Wildman–Crippen LogP) is 2.01. The summed E-state index contributed by atoms with van der Waals surface area (Å²) < 4.78 is 4.65. The van der Waals surface area contributed by atoms with E-state index in [0.717, 1.165) is 0 Å². The van der Waals surface area contributed by atoms with Crippen LogP contribution < -0.4 is 0 Å². The molecule has 1 unspecified atom stereocenters. The maximum Gasteiger partial charge on any atom is 0.311 e. The van der Waals surface area contributed by atoms with Gasteiger partial charge in [-0.2, -0.15) is 0 Å². The van der Waals surface area contributed by atoms with Crippen LogP contribution in [-0.4, -0.2) is 13.1 Å². The molecule has 2 heteroatoms. The van der Waals surface area contributed by atoms with Crippen molar-refractivity contribution in [3.8, 4) is 0 Å². The van der Waals surface area contributed by atoms with Crippen molar-refractivity contribution in [2.75, 3.05) is 7.11 Å². The molecule has 0 saturated carbocycles. The molecule has 2 nitrogen and oxygen atoms in total. The zero-order valence-electron chi connectivity index (χ0n) is 7.68. The number of methoxy groups -OCH3 is 1. The molecule has 0 radical (unpaired) electrons. The molecule has 11 heavy (non-hydrogen) atoms. The molecule has 0 N–H and O–H groups in total. The van der Waals surface area contributed by atoms with Crippen molar-refractivity contribution in [1.29, 1.82) is 0 Å². The Kier molecular flexibility index (Phi) is 3.30. The van der Waals surface area contributed by atoms with Crippen molar-refractivity contribution in [3.63, 3.8) is 0 Å². The van der Waals surface area contributed by atoms with Gasteiger partial charge in [-0.05, 0) is 19.8 Å². The number of ether oxygens (including phenoxy) is 1. The van der Waals surface area contributed by atoms with E-state index in [1.807, 2.05) is 20.8 Å². The van der Waals surface area contributed by atoms with Gasteiger partial charge < -0.3 is 4.74 Å². The molecular weight excluding hydrogens is 140 g/mol. The van der Waals surface area contributed by atoms with Gasteiger partial charge in [-0.25, -0.2) is 0 Å². The largest absolute Gasteiger partial charge is 0.469 e. The summed E-state index contributed by atoms with van der Waals surface area (Å²) in [5.41, 5.74) is -0.462. The highest BCUT2D eigenvalue weighted by atomic mass is 16.5. The molecule has 0 rings (SSSR count). The summed E-state index contributed by atoms with van der Waals surface area (Å²) in [4.78, 5) is 11.2. The SMILES string of the molecule is C=CC(C)C(C)(C)C(=O)OC. The Hall–Kier alpha value is -0.790. The predicted molar refractivity (Wildman–Crippen MR) is 45.2 cm³/mol. The van der Waals surface area contributed by atoms with Gasteiger partial charge in [0.25, 0.3) is 0 Å². The summed E-state index contributed by atoms with van der Waals surface area (Å²) in [5, 5.41) is 0. The van der Waals surface area contributed by atoms with Crippen molar-refractivity contribution in [3.05, 3.63) is 12.7 Å². The number of rotatable bonds is 3. The second kappa shape index (κ2) is 3.56. The molecule has 0 aromatic carbocycles. The van der Waals surface area contributed by atoms with Crippen LogP contribution in [0.4, 0.5) is 0 Å². The van der Waals surface area contributed by atoms with Crippen LogP contribution in [0.15, 0.2) is 12.7 Å². The molecule has 0 spiro atoms. The fourth-order valence-corrected chi connectivity index (χ4v) is 0.744. The Morgan fingerprint density at radius 1 is 1.64 bits per heavy atom. The molecule has 0 aliphatic rings. The highest BCUT2D eigenvalue weighted by molar-refractivity contribution is 5.76. The Morgan fingerprint density at radius 2 is 2.09 bits per heavy atom. The van der Waals surface area contributed by atoms with Crippen molar-refractivity contribution >= 4 is 5.97 Å². The Labute approximate surface area is 68.2 Å². The van der Waals surface area contributed by atoms with E-state index >= 15 is 0 Å². The van der Waals surface area contributed by atoms with E-state index in [9.17, 15) is 4.79 Å². The first-order valence-corrected chi connectivity index (χ1v) is 3.67. The van der Waals surface area contributed by atoms with Crippen LogP contribution >= 0.6 is 0 Å². The standard InChI is InChI=1S/C9H16O2/c1-6-7(2)9(3,4)8(10)11-5/h6-7H,1H2,2-5H3. The molecule has 0 aliphatic heterocycles. The Balaban J connectivity index is 4.43. The van der Waals surface area contributed by atoms with E-state index in [0.29, 0.717) is 0 Å². The Bertz CT molecular complexity index is 159. The molecule has 0 aliphatic carbocycles. The number of carbonyl (C=O) groups excluding carboxylic acids is 1. The zero-order chi connectivity index (χ0) is 9.07. The van der Waals surface area contributed by atoms with Crippen LogP contribution in [0, 0.1) is 11.3 Å². The maximum absolute atomic E-state index is 11.2. The van der Waals surface area contributed by atoms with E-state index in [2.05, 4.69) is 11.3 Å². The summed E-state index contributed by atoms with van der Waals surface area (Å²) in [5.74, 6) is -0.0557. The first kappa shape index (κ1) is 10.2. The molecule has 0 aromatic heterocycles. The molecule has 0 bridgehead atoms. The maximum atomic E-state index is 11.2. The van der Waals surface area contributed by atoms with Crippen LogP contribution in [0.2, 0.25) is 0 Å². The summed E-state index contributed by atoms with van der Waals surface area (Å²) in [7, 11) is 1.40. The Morgan fingerprint density at radius 3 is 2.36 bits per heavy atom. The van der Waals surface area contributed by atoms with Crippen molar-refractivity contribution in [1.82, 2.24) is 0 Å². The van der Waals surface area contributed by atoms with Crippen LogP contribution in [0.3, 0.4) is 0 Å². The topological polar surface area (TPSA) is 26.3 Å². The van der Waals surface area contributed by atoms with Crippen LogP contribution in [0.25, 0.3) is 0 Å². The first-order valence-electron chi connectivity index (χ1n) is 3.67. The normalized spacial score (nSPS) is 13.8. The van der Waals surface area contributed by atoms with Gasteiger partial charge in [0.2, 0.25) is 0 Å². The number of hydrogen-bond acceptors (Lipinski definition) is 2. The van der Waals surface area contributed by atoms with E-state index in [4.69, 9.17) is 0 Å². The van der Waals surface area contributed by atoms with Gasteiger partial charge in [0.1, 0.15) is 0 Å². The zero-order valence-corrected chi connectivity index (χ0v) is 7.68. The van der Waals surface area contributed by atoms with Gasteiger partial charge in [0, 0.05) is 0 Å². The minimum Gasteiger partial charge on any atom is -0.469 e. The molecule has 64 valence electrons. The molecular formula is C9H16O2. The fourth-order valence-electron chi connectivity index (χ4n) is 0.744. The van der Waals surface area contributed by atoms with Crippen molar-refractivity contribution < 1.29 is 9.53 Å². The average molecular weight is 156 g/mol. The van der Waals surface area contributed by atoms with E-state index in [1.54, 1.807) is 6.08 Å². The van der Waals surface area contributed by atoms with Gasteiger partial charge in [0.05, 0.1) is 12.5 Å². The van der Waals surface area contributed by atoms with E-state index in [1.165, 1.54) is 7.11 Å². The van der Waals surface area contributed by atoms with E-state index in [-0.39, 0.29) is 11.9 Å².